The van der Waals surface area contributed by atoms with Crippen molar-refractivity contribution in [1.82, 2.24) is 9.97 Å². The zero-order valence-electron chi connectivity index (χ0n) is 14.2. The zero-order valence-corrected chi connectivity index (χ0v) is 17.2. The number of hydrogen-bond acceptors (Lipinski definition) is 4. The van der Waals surface area contributed by atoms with Gasteiger partial charge in [-0.3, -0.25) is 0 Å². The van der Waals surface area contributed by atoms with Gasteiger partial charge in [0.2, 0.25) is 0 Å². The molecule has 26 heavy (non-hydrogen) atoms. The normalized spacial score (nSPS) is 14.3. The molecule has 0 saturated heterocycles. The standard InChI is InChI=1S/C19H15Cl3N2OS/c1-8-11(9(2)15(21)16(25)14(8)20)12-13-18(22)23-7-24-19(13)26-17(12)10-5-3-4-6-10/h5,7,25H,3-4,6H2,1-2H3. The van der Waals surface area contributed by atoms with Gasteiger partial charge in [0.15, 0.2) is 5.75 Å². The van der Waals surface area contributed by atoms with E-state index < -0.39 is 0 Å². The molecule has 0 aliphatic heterocycles. The molecule has 0 radical (unpaired) electrons. The molecule has 1 aromatic carbocycles. The van der Waals surface area contributed by atoms with E-state index in [1.807, 2.05) is 13.8 Å². The first-order chi connectivity index (χ1) is 12.4. The number of aromatic hydroxyl groups is 1. The highest BCUT2D eigenvalue weighted by Gasteiger charge is 2.27. The third kappa shape index (κ3) is 2.63. The SMILES string of the molecule is Cc1c(Cl)c(O)c(Cl)c(C)c1-c1c(C2=CCCC2)sc2ncnc(Cl)c12. The van der Waals surface area contributed by atoms with E-state index in [4.69, 9.17) is 34.8 Å². The summed E-state index contributed by atoms with van der Waals surface area (Å²) in [6.07, 6.45) is 6.97. The first-order valence-electron chi connectivity index (χ1n) is 8.21. The minimum Gasteiger partial charge on any atom is -0.505 e. The molecule has 1 N–H and O–H groups in total. The number of allylic oxidation sites excluding steroid dienone is 2. The van der Waals surface area contributed by atoms with Crippen LogP contribution >= 0.6 is 46.1 Å². The highest BCUT2D eigenvalue weighted by atomic mass is 35.5. The highest BCUT2D eigenvalue weighted by Crippen LogP contribution is 2.51. The lowest BCUT2D eigenvalue weighted by Crippen LogP contribution is -1.95. The maximum atomic E-state index is 10.2. The summed E-state index contributed by atoms with van der Waals surface area (Å²) >= 11 is 20.8. The summed E-state index contributed by atoms with van der Waals surface area (Å²) in [5.41, 5.74) is 4.68. The van der Waals surface area contributed by atoms with Gasteiger partial charge in [0.25, 0.3) is 0 Å². The Morgan fingerprint density at radius 2 is 1.73 bits per heavy atom. The third-order valence-corrected chi connectivity index (χ3v) is 7.23. The lowest BCUT2D eigenvalue weighted by molar-refractivity contribution is 0.475. The van der Waals surface area contributed by atoms with Gasteiger partial charge in [-0.15, -0.1) is 11.3 Å². The average Bonchev–Trinajstić information content (AvgIpc) is 3.27. The van der Waals surface area contributed by atoms with Gasteiger partial charge < -0.3 is 5.11 Å². The number of aromatic nitrogens is 2. The Labute approximate surface area is 170 Å². The molecule has 3 nitrogen and oxygen atoms in total. The number of rotatable bonds is 2. The molecule has 0 amide bonds. The summed E-state index contributed by atoms with van der Waals surface area (Å²) in [6.45, 7) is 3.77. The lowest BCUT2D eigenvalue weighted by Gasteiger charge is -2.17. The number of thiophene rings is 1. The molecule has 2 heterocycles. The van der Waals surface area contributed by atoms with Crippen molar-refractivity contribution in [2.75, 3.05) is 0 Å². The van der Waals surface area contributed by atoms with Crippen LogP contribution in [-0.4, -0.2) is 15.1 Å². The van der Waals surface area contributed by atoms with Crippen molar-refractivity contribution in [3.63, 3.8) is 0 Å². The van der Waals surface area contributed by atoms with E-state index in [2.05, 4.69) is 16.0 Å². The molecular formula is C19H15Cl3N2OS. The van der Waals surface area contributed by atoms with Gasteiger partial charge in [-0.05, 0) is 55.4 Å². The Kier molecular flexibility index (Phi) is 4.64. The fourth-order valence-electron chi connectivity index (χ4n) is 3.57. The van der Waals surface area contributed by atoms with Crippen LogP contribution in [0.4, 0.5) is 0 Å². The summed E-state index contributed by atoms with van der Waals surface area (Å²) in [5.74, 6) is -0.0874. The average molecular weight is 426 g/mol. The monoisotopic (exact) mass is 424 g/mol. The van der Waals surface area contributed by atoms with E-state index in [1.54, 1.807) is 11.3 Å². The molecule has 0 spiro atoms. The van der Waals surface area contributed by atoms with Gasteiger partial charge in [0, 0.05) is 10.4 Å². The maximum absolute atomic E-state index is 10.2. The quantitative estimate of drug-likeness (QED) is 0.441. The van der Waals surface area contributed by atoms with Crippen molar-refractivity contribution in [2.24, 2.45) is 0 Å². The van der Waals surface area contributed by atoms with Crippen LogP contribution in [-0.2, 0) is 0 Å². The third-order valence-electron chi connectivity index (χ3n) is 4.85. The minimum atomic E-state index is -0.0874. The van der Waals surface area contributed by atoms with Crippen molar-refractivity contribution < 1.29 is 5.11 Å². The van der Waals surface area contributed by atoms with Gasteiger partial charge in [0.1, 0.15) is 16.3 Å². The molecule has 2 aromatic heterocycles. The van der Waals surface area contributed by atoms with Crippen LogP contribution in [0.2, 0.25) is 15.2 Å². The fourth-order valence-corrected chi connectivity index (χ4v) is 5.49. The molecule has 0 unspecified atom stereocenters. The smallest absolute Gasteiger partial charge is 0.153 e. The van der Waals surface area contributed by atoms with E-state index in [0.29, 0.717) is 5.15 Å². The Morgan fingerprint density at radius 3 is 2.35 bits per heavy atom. The number of phenols is 1. The maximum Gasteiger partial charge on any atom is 0.153 e. The van der Waals surface area contributed by atoms with Crippen molar-refractivity contribution in [3.05, 3.63) is 43.6 Å². The molecule has 0 fully saturated rings. The second kappa shape index (κ2) is 6.68. The summed E-state index contributed by atoms with van der Waals surface area (Å²) in [5, 5.41) is 12.0. The van der Waals surface area contributed by atoms with Crippen LogP contribution < -0.4 is 0 Å². The van der Waals surface area contributed by atoms with E-state index >= 15 is 0 Å². The summed E-state index contributed by atoms with van der Waals surface area (Å²) in [6, 6.07) is 0. The Morgan fingerprint density at radius 1 is 1.04 bits per heavy atom. The Hall–Kier alpha value is -1.33. The first-order valence-corrected chi connectivity index (χ1v) is 10.2. The number of fused-ring (bicyclic) bond motifs is 1. The number of halogens is 3. The van der Waals surface area contributed by atoms with Crippen LogP contribution in [0.15, 0.2) is 12.4 Å². The van der Waals surface area contributed by atoms with Gasteiger partial charge >= 0.3 is 0 Å². The summed E-state index contributed by atoms with van der Waals surface area (Å²) < 4.78 is 0. The van der Waals surface area contributed by atoms with E-state index in [-0.39, 0.29) is 15.8 Å². The minimum absolute atomic E-state index is 0.0874. The van der Waals surface area contributed by atoms with E-state index in [0.717, 1.165) is 56.6 Å². The second-order valence-electron chi connectivity index (χ2n) is 6.37. The Balaban J connectivity index is 2.17. The molecule has 1 aliphatic carbocycles. The highest BCUT2D eigenvalue weighted by molar-refractivity contribution is 7.20. The largest absolute Gasteiger partial charge is 0.505 e. The van der Waals surface area contributed by atoms with Crippen molar-refractivity contribution in [3.8, 4) is 16.9 Å². The molecule has 0 bridgehead atoms. The number of hydrogen-bond donors (Lipinski definition) is 1. The van der Waals surface area contributed by atoms with Crippen LogP contribution in [0.3, 0.4) is 0 Å². The van der Waals surface area contributed by atoms with E-state index in [9.17, 15) is 5.11 Å². The predicted molar refractivity (Wildman–Crippen MR) is 111 cm³/mol. The van der Waals surface area contributed by atoms with Crippen molar-refractivity contribution in [2.45, 2.75) is 33.1 Å². The molecule has 0 saturated carbocycles. The van der Waals surface area contributed by atoms with E-state index in [1.165, 1.54) is 11.9 Å². The summed E-state index contributed by atoms with van der Waals surface area (Å²) in [7, 11) is 0. The van der Waals surface area contributed by atoms with Crippen LogP contribution in [0.5, 0.6) is 5.75 Å². The van der Waals surface area contributed by atoms with Crippen LogP contribution in [0.1, 0.15) is 35.3 Å². The van der Waals surface area contributed by atoms with Gasteiger partial charge in [-0.1, -0.05) is 40.9 Å². The van der Waals surface area contributed by atoms with Gasteiger partial charge in [0.05, 0.1) is 15.4 Å². The zero-order chi connectivity index (χ0) is 18.6. The van der Waals surface area contributed by atoms with Gasteiger partial charge in [-0.2, -0.15) is 0 Å². The molecule has 0 atom stereocenters. The predicted octanol–water partition coefficient (Wildman–Crippen LogP) is 7.21. The molecule has 134 valence electrons. The molecule has 1 aliphatic rings. The van der Waals surface area contributed by atoms with Crippen LogP contribution in [0, 0.1) is 13.8 Å². The number of benzene rings is 1. The van der Waals surface area contributed by atoms with Crippen molar-refractivity contribution >= 4 is 61.9 Å². The first kappa shape index (κ1) is 18.1. The number of phenolic OH excluding ortho intramolecular Hbond substituents is 1. The molecule has 7 heteroatoms. The summed E-state index contributed by atoms with van der Waals surface area (Å²) in [4.78, 5) is 10.6. The second-order valence-corrected chi connectivity index (χ2v) is 8.49. The molecular weight excluding hydrogens is 411 g/mol. The lowest BCUT2D eigenvalue weighted by atomic mass is 9.92. The fraction of sp³-hybridized carbons (Fsp3) is 0.263. The Bertz CT molecular complexity index is 1060. The molecule has 3 aromatic rings. The number of nitrogens with zero attached hydrogens (tertiary/aromatic N) is 2. The topological polar surface area (TPSA) is 46.0 Å². The molecule has 4 rings (SSSR count). The van der Waals surface area contributed by atoms with Gasteiger partial charge in [-0.25, -0.2) is 9.97 Å². The van der Waals surface area contributed by atoms with Crippen LogP contribution in [0.25, 0.3) is 26.9 Å². The van der Waals surface area contributed by atoms with Crippen molar-refractivity contribution in [1.29, 1.82) is 0 Å².